The average Bonchev–Trinajstić information content (AvgIpc) is 2.40. The van der Waals surface area contributed by atoms with E-state index in [0.29, 0.717) is 31.2 Å². The molecule has 0 saturated carbocycles. The van der Waals surface area contributed by atoms with Crippen LogP contribution in [0.1, 0.15) is 33.1 Å². The minimum absolute atomic E-state index is 0.285. The Hall–Kier alpha value is -0.650. The highest BCUT2D eigenvalue weighted by molar-refractivity contribution is 5.79. The zero-order valence-electron chi connectivity index (χ0n) is 13.2. The van der Waals surface area contributed by atoms with Crippen LogP contribution in [0.4, 0.5) is 0 Å². The molecule has 3 unspecified atom stereocenters. The summed E-state index contributed by atoms with van der Waals surface area (Å²) in [6.45, 7) is 8.45. The van der Waals surface area contributed by atoms with E-state index in [-0.39, 0.29) is 5.91 Å². The van der Waals surface area contributed by atoms with E-state index in [0.717, 1.165) is 32.5 Å². The van der Waals surface area contributed by atoms with Gasteiger partial charge in [0.2, 0.25) is 5.91 Å². The predicted molar refractivity (Wildman–Crippen MR) is 81.5 cm³/mol. The summed E-state index contributed by atoms with van der Waals surface area (Å²) in [6.07, 6.45) is 3.52. The number of hydrogen-bond donors (Lipinski definition) is 1. The predicted octanol–water partition coefficient (Wildman–Crippen LogP) is 0.351. The maximum Gasteiger partial charge on any atom is 0.237 e. The van der Waals surface area contributed by atoms with Crippen LogP contribution < -0.4 is 5.73 Å². The molecule has 0 spiro atoms. The van der Waals surface area contributed by atoms with Gasteiger partial charge in [-0.05, 0) is 40.2 Å². The quantitative estimate of drug-likeness (QED) is 0.811. The number of rotatable bonds is 3. The second kappa shape index (κ2) is 6.87. The SMILES string of the molecule is CC1CCCC(C)N1C(=O)CN1CCN(C)CC1CN. The largest absolute Gasteiger partial charge is 0.336 e. The molecular formula is C15H30N4O. The summed E-state index contributed by atoms with van der Waals surface area (Å²) in [5.74, 6) is 0.285. The van der Waals surface area contributed by atoms with Crippen molar-refractivity contribution in [1.82, 2.24) is 14.7 Å². The van der Waals surface area contributed by atoms with Gasteiger partial charge in [0.25, 0.3) is 0 Å². The Morgan fingerprint density at radius 3 is 2.45 bits per heavy atom. The summed E-state index contributed by atoms with van der Waals surface area (Å²) in [7, 11) is 2.12. The van der Waals surface area contributed by atoms with E-state index in [9.17, 15) is 4.79 Å². The molecule has 0 aromatic heterocycles. The molecule has 5 heteroatoms. The second-order valence-corrected chi connectivity index (χ2v) is 6.55. The van der Waals surface area contributed by atoms with Crippen LogP contribution in [0.2, 0.25) is 0 Å². The number of nitrogens with two attached hydrogens (primary N) is 1. The molecule has 2 saturated heterocycles. The van der Waals surface area contributed by atoms with Gasteiger partial charge in [0.15, 0.2) is 0 Å². The number of likely N-dealkylation sites (tertiary alicyclic amines) is 1. The Morgan fingerprint density at radius 1 is 1.20 bits per heavy atom. The van der Waals surface area contributed by atoms with Crippen LogP contribution in [0.5, 0.6) is 0 Å². The van der Waals surface area contributed by atoms with Crippen LogP contribution >= 0.6 is 0 Å². The summed E-state index contributed by atoms with van der Waals surface area (Å²) >= 11 is 0. The fraction of sp³-hybridized carbons (Fsp3) is 0.933. The van der Waals surface area contributed by atoms with Gasteiger partial charge in [-0.25, -0.2) is 0 Å². The minimum Gasteiger partial charge on any atom is -0.336 e. The van der Waals surface area contributed by atoms with Gasteiger partial charge < -0.3 is 15.5 Å². The molecule has 0 bridgehead atoms. The molecule has 0 aromatic carbocycles. The molecule has 2 N–H and O–H groups in total. The van der Waals surface area contributed by atoms with Crippen LogP contribution in [0, 0.1) is 0 Å². The van der Waals surface area contributed by atoms with E-state index in [1.165, 1.54) is 6.42 Å². The van der Waals surface area contributed by atoms with Gasteiger partial charge in [0, 0.05) is 44.3 Å². The van der Waals surface area contributed by atoms with Crippen LogP contribution in [0.15, 0.2) is 0 Å². The lowest BCUT2D eigenvalue weighted by atomic mass is 9.97. The fourth-order valence-corrected chi connectivity index (χ4v) is 3.65. The summed E-state index contributed by atoms with van der Waals surface area (Å²) in [6, 6.07) is 1.08. The van der Waals surface area contributed by atoms with Crippen molar-refractivity contribution in [1.29, 1.82) is 0 Å². The highest BCUT2D eigenvalue weighted by Gasteiger charge is 2.32. The number of amides is 1. The first-order valence-corrected chi connectivity index (χ1v) is 7.96. The Labute approximate surface area is 123 Å². The van der Waals surface area contributed by atoms with E-state index < -0.39 is 0 Å². The molecule has 0 aliphatic carbocycles. The number of likely N-dealkylation sites (N-methyl/N-ethyl adjacent to an activating group) is 1. The Morgan fingerprint density at radius 2 is 1.85 bits per heavy atom. The molecule has 1 amide bonds. The van der Waals surface area contributed by atoms with Gasteiger partial charge in [-0.3, -0.25) is 9.69 Å². The lowest BCUT2D eigenvalue weighted by molar-refractivity contribution is -0.139. The van der Waals surface area contributed by atoms with Crippen molar-refractivity contribution in [3.63, 3.8) is 0 Å². The first-order valence-electron chi connectivity index (χ1n) is 7.96. The van der Waals surface area contributed by atoms with Crippen LogP contribution in [0.3, 0.4) is 0 Å². The number of piperazine rings is 1. The van der Waals surface area contributed by atoms with E-state index in [1.54, 1.807) is 0 Å². The standard InChI is InChI=1S/C15H30N4O/c1-12-5-4-6-13(2)19(12)15(20)11-18-8-7-17(3)10-14(18)9-16/h12-14H,4-11,16H2,1-3H3. The topological polar surface area (TPSA) is 52.8 Å². The van der Waals surface area contributed by atoms with Gasteiger partial charge in [-0.1, -0.05) is 0 Å². The third-order valence-corrected chi connectivity index (χ3v) is 4.90. The fourth-order valence-electron chi connectivity index (χ4n) is 3.65. The zero-order valence-corrected chi connectivity index (χ0v) is 13.2. The molecule has 0 radical (unpaired) electrons. The molecule has 116 valence electrons. The zero-order chi connectivity index (χ0) is 14.7. The van der Waals surface area contributed by atoms with Gasteiger partial charge >= 0.3 is 0 Å². The van der Waals surface area contributed by atoms with Crippen molar-refractivity contribution in [2.45, 2.75) is 51.2 Å². The van der Waals surface area contributed by atoms with Crippen LogP contribution in [-0.4, -0.2) is 78.5 Å². The summed E-state index contributed by atoms with van der Waals surface area (Å²) < 4.78 is 0. The molecule has 2 aliphatic heterocycles. The summed E-state index contributed by atoms with van der Waals surface area (Å²) in [5.41, 5.74) is 5.87. The smallest absolute Gasteiger partial charge is 0.237 e. The van der Waals surface area contributed by atoms with Gasteiger partial charge in [-0.2, -0.15) is 0 Å². The Bertz CT molecular complexity index is 326. The normalized spacial score (nSPS) is 33.4. The minimum atomic E-state index is 0.285. The molecule has 5 nitrogen and oxygen atoms in total. The maximum absolute atomic E-state index is 12.7. The number of carbonyl (C=O) groups is 1. The molecule has 2 rings (SSSR count). The van der Waals surface area contributed by atoms with Gasteiger partial charge in [0.1, 0.15) is 0 Å². The monoisotopic (exact) mass is 282 g/mol. The van der Waals surface area contributed by atoms with E-state index in [2.05, 4.69) is 35.6 Å². The third-order valence-electron chi connectivity index (χ3n) is 4.90. The Kier molecular flexibility index (Phi) is 5.41. The first kappa shape index (κ1) is 15.7. The summed E-state index contributed by atoms with van der Waals surface area (Å²) in [5, 5.41) is 0. The maximum atomic E-state index is 12.7. The first-order chi connectivity index (χ1) is 9.52. The van der Waals surface area contributed by atoms with Crippen molar-refractivity contribution < 1.29 is 4.79 Å². The molecule has 0 aromatic rings. The molecule has 20 heavy (non-hydrogen) atoms. The van der Waals surface area contributed by atoms with Gasteiger partial charge in [-0.15, -0.1) is 0 Å². The van der Waals surface area contributed by atoms with Crippen molar-refractivity contribution in [3.8, 4) is 0 Å². The van der Waals surface area contributed by atoms with Crippen LogP contribution in [-0.2, 0) is 4.79 Å². The average molecular weight is 282 g/mol. The lowest BCUT2D eigenvalue weighted by Gasteiger charge is -2.43. The number of carbonyl (C=O) groups excluding carboxylic acids is 1. The lowest BCUT2D eigenvalue weighted by Crippen LogP contribution is -2.58. The van der Waals surface area contributed by atoms with Crippen LogP contribution in [0.25, 0.3) is 0 Å². The van der Waals surface area contributed by atoms with E-state index >= 15 is 0 Å². The molecule has 2 fully saturated rings. The molecule has 3 atom stereocenters. The second-order valence-electron chi connectivity index (χ2n) is 6.55. The number of nitrogens with zero attached hydrogens (tertiary/aromatic N) is 3. The molecular weight excluding hydrogens is 252 g/mol. The molecule has 2 heterocycles. The molecule has 2 aliphatic rings. The van der Waals surface area contributed by atoms with Crippen molar-refractivity contribution in [2.75, 3.05) is 39.8 Å². The number of piperidine rings is 1. The van der Waals surface area contributed by atoms with Crippen molar-refractivity contribution in [3.05, 3.63) is 0 Å². The Balaban J connectivity index is 1.95. The van der Waals surface area contributed by atoms with Crippen molar-refractivity contribution >= 4 is 5.91 Å². The van der Waals surface area contributed by atoms with Gasteiger partial charge in [0.05, 0.1) is 6.54 Å². The highest BCUT2D eigenvalue weighted by Crippen LogP contribution is 2.23. The van der Waals surface area contributed by atoms with Crippen molar-refractivity contribution in [2.24, 2.45) is 5.73 Å². The highest BCUT2D eigenvalue weighted by atomic mass is 16.2. The summed E-state index contributed by atoms with van der Waals surface area (Å²) in [4.78, 5) is 19.3. The number of hydrogen-bond acceptors (Lipinski definition) is 4. The third kappa shape index (κ3) is 3.51. The van der Waals surface area contributed by atoms with E-state index in [4.69, 9.17) is 5.73 Å². The van der Waals surface area contributed by atoms with E-state index in [1.807, 2.05) is 0 Å².